The van der Waals surface area contributed by atoms with Crippen LogP contribution in [0.2, 0.25) is 0 Å². The van der Waals surface area contributed by atoms with Crippen molar-refractivity contribution in [2.45, 2.75) is 361 Å². The van der Waals surface area contributed by atoms with Gasteiger partial charge in [-0.15, -0.1) is 0 Å². The van der Waals surface area contributed by atoms with Crippen LogP contribution in [0, 0.1) is 0 Å². The Morgan fingerprint density at radius 3 is 0.772 bits per heavy atom. The minimum Gasteiger partial charge on any atom is -0.462 e. The number of ether oxygens (including phenoxy) is 3. The Hall–Kier alpha value is -3.15. The summed E-state index contributed by atoms with van der Waals surface area (Å²) in [5.74, 6) is -0.887. The molecular weight excluding hydrogens is 973 g/mol. The Balaban J connectivity index is 4.13. The topological polar surface area (TPSA) is 78.9 Å². The molecule has 0 aliphatic rings. The first-order valence-corrected chi connectivity index (χ1v) is 34.4. The third-order valence-electron chi connectivity index (χ3n) is 15.1. The van der Waals surface area contributed by atoms with E-state index in [1.807, 2.05) is 0 Å². The summed E-state index contributed by atoms with van der Waals surface area (Å²) in [4.78, 5) is 38.3. The molecule has 0 heterocycles. The molecule has 0 radical (unpaired) electrons. The number of allylic oxidation sites excluding steroid dienone is 12. The quantitative estimate of drug-likeness (QED) is 0.0261. The highest BCUT2D eigenvalue weighted by Gasteiger charge is 2.19. The maximum absolute atomic E-state index is 12.9. The van der Waals surface area contributed by atoms with Gasteiger partial charge in [0.1, 0.15) is 13.2 Å². The van der Waals surface area contributed by atoms with Crippen LogP contribution < -0.4 is 0 Å². The molecular formula is C73H130O6. The van der Waals surface area contributed by atoms with Crippen molar-refractivity contribution in [1.82, 2.24) is 0 Å². The minimum absolute atomic E-state index is 0.0801. The van der Waals surface area contributed by atoms with Crippen LogP contribution in [0.15, 0.2) is 72.9 Å². The Labute approximate surface area is 491 Å². The van der Waals surface area contributed by atoms with E-state index >= 15 is 0 Å². The van der Waals surface area contributed by atoms with Crippen LogP contribution in [0.25, 0.3) is 0 Å². The van der Waals surface area contributed by atoms with Crippen LogP contribution >= 0.6 is 0 Å². The summed E-state index contributed by atoms with van der Waals surface area (Å²) in [5, 5.41) is 0. The molecule has 0 aliphatic heterocycles. The molecule has 0 amide bonds. The van der Waals surface area contributed by atoms with Crippen molar-refractivity contribution in [3.05, 3.63) is 72.9 Å². The van der Waals surface area contributed by atoms with Crippen LogP contribution in [-0.4, -0.2) is 37.2 Å². The van der Waals surface area contributed by atoms with E-state index in [1.54, 1.807) is 0 Å². The lowest BCUT2D eigenvalue weighted by atomic mass is 10.0. The zero-order chi connectivity index (χ0) is 57.1. The molecule has 0 aromatic heterocycles. The molecule has 0 aliphatic carbocycles. The number of unbranched alkanes of at least 4 members (excludes halogenated alkanes) is 40. The van der Waals surface area contributed by atoms with Gasteiger partial charge in [0.2, 0.25) is 0 Å². The molecule has 6 nitrogen and oxygen atoms in total. The van der Waals surface area contributed by atoms with Gasteiger partial charge in [0.05, 0.1) is 0 Å². The fourth-order valence-electron chi connectivity index (χ4n) is 9.96. The van der Waals surface area contributed by atoms with Gasteiger partial charge in [-0.25, -0.2) is 0 Å². The van der Waals surface area contributed by atoms with Crippen molar-refractivity contribution in [1.29, 1.82) is 0 Å². The molecule has 0 saturated heterocycles. The van der Waals surface area contributed by atoms with E-state index in [0.29, 0.717) is 19.3 Å². The van der Waals surface area contributed by atoms with Crippen molar-refractivity contribution >= 4 is 17.9 Å². The number of esters is 3. The molecule has 0 aromatic carbocycles. The third-order valence-corrected chi connectivity index (χ3v) is 15.1. The molecule has 0 bridgehead atoms. The highest BCUT2D eigenvalue weighted by Crippen LogP contribution is 2.17. The number of hydrogen-bond donors (Lipinski definition) is 0. The highest BCUT2D eigenvalue weighted by atomic mass is 16.6. The van der Waals surface area contributed by atoms with Crippen molar-refractivity contribution in [2.75, 3.05) is 13.2 Å². The van der Waals surface area contributed by atoms with Crippen molar-refractivity contribution < 1.29 is 28.6 Å². The second-order valence-electron chi connectivity index (χ2n) is 23.1. The first-order valence-electron chi connectivity index (χ1n) is 34.4. The predicted octanol–water partition coefficient (Wildman–Crippen LogP) is 23.7. The molecule has 458 valence electrons. The molecule has 1 unspecified atom stereocenters. The van der Waals surface area contributed by atoms with Crippen LogP contribution in [-0.2, 0) is 28.6 Å². The summed E-state index contributed by atoms with van der Waals surface area (Å²) in [5.41, 5.74) is 0. The highest BCUT2D eigenvalue weighted by molar-refractivity contribution is 5.71. The van der Waals surface area contributed by atoms with E-state index in [1.165, 1.54) is 205 Å². The second kappa shape index (κ2) is 67.4. The van der Waals surface area contributed by atoms with Gasteiger partial charge in [-0.1, -0.05) is 299 Å². The van der Waals surface area contributed by atoms with Gasteiger partial charge in [0.25, 0.3) is 0 Å². The van der Waals surface area contributed by atoms with Gasteiger partial charge >= 0.3 is 17.9 Å². The Kier molecular flexibility index (Phi) is 64.7. The van der Waals surface area contributed by atoms with Gasteiger partial charge in [-0.2, -0.15) is 0 Å². The van der Waals surface area contributed by atoms with Gasteiger partial charge in [-0.3, -0.25) is 14.4 Å². The van der Waals surface area contributed by atoms with E-state index in [2.05, 4.69) is 93.7 Å². The molecule has 6 heteroatoms. The molecule has 0 rings (SSSR count). The molecule has 1 atom stereocenters. The van der Waals surface area contributed by atoms with Crippen LogP contribution in [0.4, 0.5) is 0 Å². The molecule has 0 saturated carbocycles. The summed E-state index contributed by atoms with van der Waals surface area (Å²) in [6.07, 6.45) is 87.9. The number of carbonyl (C=O) groups excluding carboxylic acids is 3. The zero-order valence-corrected chi connectivity index (χ0v) is 52.6. The molecule has 0 N–H and O–H groups in total. The number of carbonyl (C=O) groups is 3. The van der Waals surface area contributed by atoms with Crippen LogP contribution in [0.5, 0.6) is 0 Å². The average Bonchev–Trinajstić information content (AvgIpc) is 3.45. The molecule has 79 heavy (non-hydrogen) atoms. The maximum atomic E-state index is 12.9. The summed E-state index contributed by atoms with van der Waals surface area (Å²) < 4.78 is 16.9. The molecule has 0 spiro atoms. The average molecular weight is 1100 g/mol. The van der Waals surface area contributed by atoms with E-state index in [0.717, 1.165) is 109 Å². The van der Waals surface area contributed by atoms with Gasteiger partial charge in [-0.05, 0) is 109 Å². The van der Waals surface area contributed by atoms with Gasteiger partial charge in [0.15, 0.2) is 6.10 Å². The summed E-state index contributed by atoms with van der Waals surface area (Å²) >= 11 is 0. The lowest BCUT2D eigenvalue weighted by Gasteiger charge is -2.18. The monoisotopic (exact) mass is 1100 g/mol. The Morgan fingerprint density at radius 2 is 0.481 bits per heavy atom. The van der Waals surface area contributed by atoms with Crippen LogP contribution in [0.3, 0.4) is 0 Å². The Bertz CT molecular complexity index is 1450. The van der Waals surface area contributed by atoms with E-state index in [4.69, 9.17) is 14.2 Å². The largest absolute Gasteiger partial charge is 0.462 e. The maximum Gasteiger partial charge on any atom is 0.306 e. The molecule has 0 aromatic rings. The lowest BCUT2D eigenvalue weighted by molar-refractivity contribution is -0.167. The lowest BCUT2D eigenvalue weighted by Crippen LogP contribution is -2.30. The number of rotatable bonds is 63. The zero-order valence-electron chi connectivity index (χ0n) is 52.6. The minimum atomic E-state index is -0.784. The smallest absolute Gasteiger partial charge is 0.306 e. The van der Waals surface area contributed by atoms with E-state index < -0.39 is 6.10 Å². The standard InChI is InChI=1S/C73H130O6/c1-4-7-10-13-16-19-22-25-27-28-29-30-31-32-33-34-35-36-37-38-39-40-41-42-43-44-46-48-51-54-57-60-63-66-72(75)78-69-70(68-77-71(74)65-62-59-56-53-50-47-24-21-18-15-12-9-6-3)79-73(76)67-64-61-58-55-52-49-45-26-23-20-17-14-11-8-5-2/h12,15,21-22,24-26,28-29,31-32,45,70H,4-11,13-14,16-20,23,27,30,33-44,46-69H2,1-3H3/b15-12-,24-21-,25-22-,29-28-,32-31-,45-26-. The fourth-order valence-corrected chi connectivity index (χ4v) is 9.96. The summed E-state index contributed by atoms with van der Waals surface area (Å²) in [6.45, 7) is 6.58. The van der Waals surface area contributed by atoms with Crippen molar-refractivity contribution in [3.8, 4) is 0 Å². The second-order valence-corrected chi connectivity index (χ2v) is 23.1. The predicted molar refractivity (Wildman–Crippen MR) is 344 cm³/mol. The van der Waals surface area contributed by atoms with Crippen molar-refractivity contribution in [3.63, 3.8) is 0 Å². The first-order chi connectivity index (χ1) is 39.0. The fraction of sp³-hybridized carbons (Fsp3) is 0.795. The summed E-state index contributed by atoms with van der Waals surface area (Å²) in [6, 6.07) is 0. The summed E-state index contributed by atoms with van der Waals surface area (Å²) in [7, 11) is 0. The van der Waals surface area contributed by atoms with E-state index in [-0.39, 0.29) is 31.1 Å². The van der Waals surface area contributed by atoms with Gasteiger partial charge in [0, 0.05) is 19.3 Å². The first kappa shape index (κ1) is 75.8. The molecule has 0 fully saturated rings. The van der Waals surface area contributed by atoms with E-state index in [9.17, 15) is 14.4 Å². The van der Waals surface area contributed by atoms with Crippen LogP contribution in [0.1, 0.15) is 355 Å². The normalized spacial score (nSPS) is 12.5. The number of hydrogen-bond acceptors (Lipinski definition) is 6. The third kappa shape index (κ3) is 65.5. The SMILES string of the molecule is CCC/C=C\C/C=C\CCCCCCCC(=O)OCC(COC(=O)CCCCCCCCCCCCCCCCCCCC/C=C\C/C=C\C/C=C\CCCCCCC)OC(=O)CCCCCCC/C=C\CCCCCCCC. The van der Waals surface area contributed by atoms with Crippen molar-refractivity contribution in [2.24, 2.45) is 0 Å². The van der Waals surface area contributed by atoms with Gasteiger partial charge < -0.3 is 14.2 Å². The Morgan fingerprint density at radius 1 is 0.253 bits per heavy atom.